The third-order valence-electron chi connectivity index (χ3n) is 4.05. The number of allylic oxidation sites excluding steroid dienone is 2. The predicted octanol–water partition coefficient (Wildman–Crippen LogP) is 5.75. The molecular weight excluding hydrogens is 376 g/mol. The summed E-state index contributed by atoms with van der Waals surface area (Å²) in [5.74, 6) is 0.421. The number of unbranched alkanes of at least 4 members (excludes halogenated alkanes) is 1. The zero-order chi connectivity index (χ0) is 21.7. The molecule has 1 aromatic carbocycles. The number of anilines is 2. The molecule has 0 saturated carbocycles. The van der Waals surface area contributed by atoms with Crippen LogP contribution in [0.4, 0.5) is 20.3 Å². The molecule has 2 N–H and O–H groups in total. The van der Waals surface area contributed by atoms with Crippen LogP contribution in [0.2, 0.25) is 0 Å². The van der Waals surface area contributed by atoms with Crippen molar-refractivity contribution in [1.29, 1.82) is 5.26 Å². The van der Waals surface area contributed by atoms with Gasteiger partial charge in [0.05, 0.1) is 17.2 Å². The Labute approximate surface area is 169 Å². The van der Waals surface area contributed by atoms with Crippen molar-refractivity contribution >= 4 is 17.1 Å². The second kappa shape index (κ2) is 9.01. The van der Waals surface area contributed by atoms with Gasteiger partial charge in [-0.3, -0.25) is 0 Å². The van der Waals surface area contributed by atoms with E-state index in [1.165, 1.54) is 12.1 Å². The van der Waals surface area contributed by atoms with E-state index in [0.717, 1.165) is 6.42 Å². The van der Waals surface area contributed by atoms with Crippen LogP contribution in [0.3, 0.4) is 0 Å². The Morgan fingerprint density at radius 2 is 1.90 bits per heavy atom. The molecule has 0 unspecified atom stereocenters. The summed E-state index contributed by atoms with van der Waals surface area (Å²) in [6.45, 7) is 5.96. The highest BCUT2D eigenvalue weighted by molar-refractivity contribution is 5.86. The first-order chi connectivity index (χ1) is 13.5. The average molecular weight is 401 g/mol. The van der Waals surface area contributed by atoms with Gasteiger partial charge < -0.3 is 15.2 Å². The van der Waals surface area contributed by atoms with Crippen molar-refractivity contribution in [2.24, 2.45) is 0 Å². The molecule has 0 aliphatic rings. The third-order valence-corrected chi connectivity index (χ3v) is 4.05. The zero-order valence-corrected chi connectivity index (χ0v) is 17.0. The summed E-state index contributed by atoms with van der Waals surface area (Å²) >= 11 is 0. The summed E-state index contributed by atoms with van der Waals surface area (Å²) in [4.78, 5) is 4.34. The smallest absolute Gasteiger partial charge is 0.394 e. The molecule has 0 spiro atoms. The number of nitriles is 1. The minimum atomic E-state index is -3.27. The Morgan fingerprint density at radius 3 is 2.41 bits per heavy atom. The fourth-order valence-corrected chi connectivity index (χ4v) is 2.78. The molecule has 5 nitrogen and oxygen atoms in total. The molecule has 1 aromatic heterocycles. The first kappa shape index (κ1) is 22.3. The number of hydrogen-bond donors (Lipinski definition) is 2. The van der Waals surface area contributed by atoms with Crippen LogP contribution in [0, 0.1) is 11.3 Å². The van der Waals surface area contributed by atoms with Crippen LogP contribution in [0.15, 0.2) is 42.6 Å². The van der Waals surface area contributed by atoms with Crippen LogP contribution >= 0.6 is 0 Å². The largest absolute Gasteiger partial charge is 0.433 e. The number of nitrogens with one attached hydrogen (secondary N) is 1. The second-order valence-electron chi connectivity index (χ2n) is 7.22. The maximum absolute atomic E-state index is 13.0. The van der Waals surface area contributed by atoms with E-state index in [2.05, 4.69) is 21.1 Å². The molecule has 2 rings (SSSR count). The van der Waals surface area contributed by atoms with Crippen LogP contribution in [-0.2, 0) is 5.60 Å². The average Bonchev–Trinajstić information content (AvgIpc) is 2.62. The van der Waals surface area contributed by atoms with Crippen molar-refractivity contribution < 1.29 is 18.6 Å². The van der Waals surface area contributed by atoms with E-state index in [4.69, 9.17) is 0 Å². The van der Waals surface area contributed by atoms with E-state index in [-0.39, 0.29) is 5.75 Å². The summed E-state index contributed by atoms with van der Waals surface area (Å²) in [5.41, 5.74) is 0.860. The molecule has 0 saturated heterocycles. The number of benzene rings is 1. The van der Waals surface area contributed by atoms with E-state index < -0.39 is 11.7 Å². The summed E-state index contributed by atoms with van der Waals surface area (Å²) in [7, 11) is 0. The highest BCUT2D eigenvalue weighted by Gasteiger charge is 2.25. The Morgan fingerprint density at radius 1 is 1.24 bits per heavy atom. The third kappa shape index (κ3) is 6.26. The molecule has 1 heterocycles. The van der Waals surface area contributed by atoms with Crippen molar-refractivity contribution in [2.45, 2.75) is 52.2 Å². The fraction of sp³-hybridized carbons (Fsp3) is 0.364. The van der Waals surface area contributed by atoms with Crippen LogP contribution in [0.25, 0.3) is 5.57 Å². The van der Waals surface area contributed by atoms with Gasteiger partial charge in [0.15, 0.2) is 0 Å². The Bertz CT molecular complexity index is 906. The number of rotatable bonds is 8. The van der Waals surface area contributed by atoms with Crippen LogP contribution < -0.4 is 10.1 Å². The molecule has 7 heteroatoms. The molecule has 0 amide bonds. The lowest BCUT2D eigenvalue weighted by atomic mass is 9.90. The minimum absolute atomic E-state index is 0.0297. The van der Waals surface area contributed by atoms with Crippen molar-refractivity contribution in [3.63, 3.8) is 0 Å². The van der Waals surface area contributed by atoms with Crippen LogP contribution in [-0.4, -0.2) is 16.2 Å². The van der Waals surface area contributed by atoms with Gasteiger partial charge in [-0.15, -0.1) is 0 Å². The van der Waals surface area contributed by atoms with Crippen molar-refractivity contribution in [2.75, 3.05) is 5.32 Å². The van der Waals surface area contributed by atoms with Crippen molar-refractivity contribution in [3.8, 4) is 11.8 Å². The maximum Gasteiger partial charge on any atom is 0.394 e. The molecule has 0 aliphatic carbocycles. The fourth-order valence-electron chi connectivity index (χ4n) is 2.78. The molecule has 154 valence electrons. The number of ether oxygens (including phenoxy) is 1. The van der Waals surface area contributed by atoms with Gasteiger partial charge in [0.25, 0.3) is 0 Å². The van der Waals surface area contributed by atoms with E-state index in [1.807, 2.05) is 13.0 Å². The molecule has 29 heavy (non-hydrogen) atoms. The highest BCUT2D eigenvalue weighted by atomic mass is 19.3. The first-order valence-corrected chi connectivity index (χ1v) is 9.31. The molecule has 0 fully saturated rings. The lowest BCUT2D eigenvalue weighted by molar-refractivity contribution is -0.158. The van der Waals surface area contributed by atoms with E-state index in [1.54, 1.807) is 38.2 Å². The summed E-state index contributed by atoms with van der Waals surface area (Å²) in [6, 6.07) is 9.85. The molecule has 0 aliphatic heterocycles. The molecular formula is C22H25F2N3O2. The number of nitrogens with zero attached hydrogens (tertiary/aromatic N) is 2. The molecule has 0 atom stereocenters. The predicted molar refractivity (Wildman–Crippen MR) is 109 cm³/mol. The lowest BCUT2D eigenvalue weighted by Crippen LogP contribution is -2.19. The first-order valence-electron chi connectivity index (χ1n) is 9.31. The number of pyridine rings is 1. The van der Waals surface area contributed by atoms with Gasteiger partial charge in [-0.2, -0.15) is 14.0 Å². The van der Waals surface area contributed by atoms with Gasteiger partial charge in [-0.25, -0.2) is 4.98 Å². The quantitative estimate of drug-likeness (QED) is 0.551. The van der Waals surface area contributed by atoms with Gasteiger partial charge in [0, 0.05) is 24.4 Å². The molecule has 0 radical (unpaired) electrons. The number of hydrogen-bond acceptors (Lipinski definition) is 5. The molecule has 2 aromatic rings. The number of aromatic nitrogens is 1. The van der Waals surface area contributed by atoms with Crippen LogP contribution in [0.5, 0.6) is 5.75 Å². The number of aliphatic hydroxyl groups is 1. The van der Waals surface area contributed by atoms with Gasteiger partial charge in [-0.05, 0) is 56.2 Å². The van der Waals surface area contributed by atoms with Gasteiger partial charge in [0.2, 0.25) is 0 Å². The summed E-state index contributed by atoms with van der Waals surface area (Å²) in [5, 5.41) is 23.4. The van der Waals surface area contributed by atoms with E-state index >= 15 is 0 Å². The second-order valence-corrected chi connectivity index (χ2v) is 7.22. The Balaban J connectivity index is 2.46. The zero-order valence-electron chi connectivity index (χ0n) is 17.0. The number of alkyl halides is 2. The number of halogens is 2. The van der Waals surface area contributed by atoms with Gasteiger partial charge in [0.1, 0.15) is 11.6 Å². The summed E-state index contributed by atoms with van der Waals surface area (Å²) in [6.07, 6.45) is 1.67. The van der Waals surface area contributed by atoms with Gasteiger partial charge in [-0.1, -0.05) is 19.4 Å². The lowest BCUT2D eigenvalue weighted by Gasteiger charge is -2.23. The van der Waals surface area contributed by atoms with E-state index in [0.29, 0.717) is 41.5 Å². The topological polar surface area (TPSA) is 78.2 Å². The maximum atomic E-state index is 13.0. The Hall–Kier alpha value is -2.98. The Kier molecular flexibility index (Phi) is 6.93. The molecule has 0 bridgehead atoms. The highest BCUT2D eigenvalue weighted by Crippen LogP contribution is 2.35. The van der Waals surface area contributed by atoms with Crippen LogP contribution in [0.1, 0.15) is 51.7 Å². The van der Waals surface area contributed by atoms with E-state index in [9.17, 15) is 19.1 Å². The standard InChI is InChI=1S/C22H25F2N3O2/c1-5-6-7-15(14-25)19-18(21(2,3)28)12-13-26-20(19)27-16-8-10-17(11-9-16)29-22(4,23)24/h7-13,28H,5-6H2,1-4H3,(H,26,27)/b15-7-. The van der Waals surface area contributed by atoms with Gasteiger partial charge >= 0.3 is 6.11 Å². The van der Waals surface area contributed by atoms with Crippen molar-refractivity contribution in [1.82, 2.24) is 4.98 Å². The normalized spacial score (nSPS) is 12.4. The monoisotopic (exact) mass is 401 g/mol. The minimum Gasteiger partial charge on any atom is -0.433 e. The van der Waals surface area contributed by atoms with Crippen molar-refractivity contribution in [3.05, 3.63) is 53.7 Å². The SMILES string of the molecule is CCC/C=C(/C#N)c1c(C(C)(C)O)ccnc1Nc1ccc(OC(C)(F)F)cc1. The summed E-state index contributed by atoms with van der Waals surface area (Å²) < 4.78 is 30.5.